The van der Waals surface area contributed by atoms with Crippen LogP contribution in [-0.2, 0) is 34.6 Å². The van der Waals surface area contributed by atoms with Gasteiger partial charge in [-0.1, -0.05) is 20.8 Å². The van der Waals surface area contributed by atoms with E-state index in [1.807, 2.05) is 40.1 Å². The summed E-state index contributed by atoms with van der Waals surface area (Å²) < 4.78 is 6.80. The number of hydrogen-bond donors (Lipinski definition) is 3. The molecule has 0 spiro atoms. The van der Waals surface area contributed by atoms with E-state index in [1.165, 1.54) is 0 Å². The lowest BCUT2D eigenvalue weighted by Gasteiger charge is -2.20. The maximum Gasteiger partial charge on any atom is 0.272 e. The van der Waals surface area contributed by atoms with Gasteiger partial charge < -0.3 is 34.2 Å². The van der Waals surface area contributed by atoms with Crippen LogP contribution < -0.4 is 16.0 Å². The first kappa shape index (κ1) is 32.1. The van der Waals surface area contributed by atoms with Gasteiger partial charge in [0.1, 0.15) is 11.4 Å². The molecular weight excluding hydrogens is 558 g/mol. The Labute approximate surface area is 258 Å². The first-order valence-corrected chi connectivity index (χ1v) is 14.5. The number of hydrogen-bond acceptors (Lipinski definition) is 5. The Balaban J connectivity index is 1.42. The van der Waals surface area contributed by atoms with Gasteiger partial charge in [-0.2, -0.15) is 0 Å². The third-order valence-corrected chi connectivity index (χ3v) is 7.14. The van der Waals surface area contributed by atoms with Crippen molar-refractivity contribution in [3.05, 3.63) is 77.4 Å². The summed E-state index contributed by atoms with van der Waals surface area (Å²) in [4.78, 5) is 52.1. The monoisotopic (exact) mass is 601 g/mol. The van der Waals surface area contributed by atoms with Crippen LogP contribution in [0.4, 0.5) is 17.1 Å². The van der Waals surface area contributed by atoms with E-state index in [0.717, 1.165) is 11.3 Å². The van der Waals surface area contributed by atoms with Crippen molar-refractivity contribution in [3.63, 3.8) is 0 Å². The normalized spacial score (nSPS) is 11.9. The van der Waals surface area contributed by atoms with Crippen LogP contribution in [0.2, 0.25) is 0 Å². The molecule has 4 aromatic rings. The molecule has 3 N–H and O–H groups in total. The van der Waals surface area contributed by atoms with Crippen LogP contribution in [0.1, 0.15) is 89.1 Å². The number of rotatable bonds is 9. The first-order chi connectivity index (χ1) is 20.3. The molecule has 0 aliphatic carbocycles. The number of aryl methyl sites for hydroxylation is 4. The van der Waals surface area contributed by atoms with Gasteiger partial charge in [-0.3, -0.25) is 19.2 Å². The fraction of sp³-hybridized carbons (Fsp3) is 0.394. The van der Waals surface area contributed by atoms with Crippen LogP contribution >= 0.6 is 0 Å². The number of anilines is 3. The average Bonchev–Trinajstić information content (AvgIpc) is 3.63. The zero-order valence-electron chi connectivity index (χ0n) is 27.2. The summed E-state index contributed by atoms with van der Waals surface area (Å²) in [5, 5.41) is 9.07. The molecule has 0 aliphatic rings. The van der Waals surface area contributed by atoms with E-state index in [0.29, 0.717) is 34.2 Å². The van der Waals surface area contributed by atoms with E-state index >= 15 is 0 Å². The fourth-order valence-corrected chi connectivity index (χ4v) is 5.07. The largest absolute Gasteiger partial charge is 0.379 e. The summed E-state index contributed by atoms with van der Waals surface area (Å²) in [6.07, 6.45) is 7.15. The lowest BCUT2D eigenvalue weighted by atomic mass is 9.89. The molecular formula is C33H43N7O4. The highest BCUT2D eigenvalue weighted by atomic mass is 16.2. The van der Waals surface area contributed by atoms with Crippen LogP contribution in [0.15, 0.2) is 49.1 Å². The molecule has 11 heteroatoms. The van der Waals surface area contributed by atoms with E-state index in [4.69, 9.17) is 0 Å². The molecule has 0 atom stereocenters. The topological polar surface area (TPSA) is 124 Å². The Hall–Kier alpha value is -4.80. The standard InChI is InChI=1S/C33H43N7O4/c1-32(2,3)29(42)25-13-21(17-39(25)9)34-31(44)27-14-22(18-40(27)10)35-30(43)26-11-20(16-37(26)7)12-28(41)24-15-23(19-38(24)8)36-33(4,5)6/h11,13-19,36H,12H2,1-10H3,(H,34,44)(H,35,43). The van der Waals surface area contributed by atoms with Crippen LogP contribution in [0, 0.1) is 5.41 Å². The van der Waals surface area contributed by atoms with Crippen LogP contribution in [0.5, 0.6) is 0 Å². The number of nitrogens with zero attached hydrogens (tertiary/aromatic N) is 4. The molecule has 0 saturated heterocycles. The smallest absolute Gasteiger partial charge is 0.272 e. The van der Waals surface area contributed by atoms with Crippen molar-refractivity contribution in [2.45, 2.75) is 53.5 Å². The highest BCUT2D eigenvalue weighted by Crippen LogP contribution is 2.25. The Kier molecular flexibility index (Phi) is 8.55. The van der Waals surface area contributed by atoms with Gasteiger partial charge in [-0.25, -0.2) is 0 Å². The molecule has 0 aromatic carbocycles. The number of carbonyl (C=O) groups is 4. The van der Waals surface area contributed by atoms with E-state index in [-0.39, 0.29) is 35.3 Å². The van der Waals surface area contributed by atoms with Crippen LogP contribution in [0.3, 0.4) is 0 Å². The number of Topliss-reactive ketones (excluding diaryl/α,β-unsaturated/α-hetero) is 2. The van der Waals surface area contributed by atoms with Crippen molar-refractivity contribution in [2.75, 3.05) is 16.0 Å². The molecule has 4 rings (SSSR count). The van der Waals surface area contributed by atoms with Gasteiger partial charge in [0, 0.05) is 70.4 Å². The van der Waals surface area contributed by atoms with E-state index in [9.17, 15) is 19.2 Å². The Morgan fingerprint density at radius 1 is 0.591 bits per heavy atom. The van der Waals surface area contributed by atoms with Crippen molar-refractivity contribution in [1.82, 2.24) is 18.3 Å². The van der Waals surface area contributed by atoms with Crippen LogP contribution in [-0.4, -0.2) is 47.2 Å². The Morgan fingerprint density at radius 3 is 1.57 bits per heavy atom. The average molecular weight is 602 g/mol. The molecule has 2 amide bonds. The van der Waals surface area contributed by atoms with Gasteiger partial charge in [0.05, 0.1) is 28.5 Å². The molecule has 0 saturated carbocycles. The SMILES string of the molecule is Cn1cc(NC(C)(C)C)cc1C(=O)Cc1cc(C(=O)Nc2cc(C(=O)Nc3cc(C(=O)C(C)(C)C)n(C)c3)n(C)c2)n(C)c1. The number of amides is 2. The van der Waals surface area contributed by atoms with Crippen molar-refractivity contribution in [3.8, 4) is 0 Å². The number of ketones is 2. The first-order valence-electron chi connectivity index (χ1n) is 14.5. The molecule has 0 unspecified atom stereocenters. The predicted octanol–water partition coefficient (Wildman–Crippen LogP) is 5.41. The molecule has 234 valence electrons. The molecule has 44 heavy (non-hydrogen) atoms. The third-order valence-electron chi connectivity index (χ3n) is 7.14. The van der Waals surface area contributed by atoms with E-state index in [2.05, 4.69) is 36.7 Å². The second kappa shape index (κ2) is 11.7. The minimum absolute atomic E-state index is 0.0277. The number of aromatic nitrogens is 4. The number of carbonyl (C=O) groups excluding carboxylic acids is 4. The minimum atomic E-state index is -0.553. The molecule has 11 nitrogen and oxygen atoms in total. The summed E-state index contributed by atoms with van der Waals surface area (Å²) in [6, 6.07) is 6.79. The maximum atomic E-state index is 13.2. The molecule has 0 aliphatic heterocycles. The molecule has 4 heterocycles. The third kappa shape index (κ3) is 7.21. The van der Waals surface area contributed by atoms with Crippen molar-refractivity contribution in [2.24, 2.45) is 33.6 Å². The Morgan fingerprint density at radius 2 is 1.02 bits per heavy atom. The van der Waals surface area contributed by atoms with Crippen molar-refractivity contribution >= 4 is 40.4 Å². The molecule has 0 fully saturated rings. The summed E-state index contributed by atoms with van der Waals surface area (Å²) in [5.41, 5.74) is 3.64. The van der Waals surface area contributed by atoms with Gasteiger partial charge >= 0.3 is 0 Å². The van der Waals surface area contributed by atoms with Crippen LogP contribution in [0.25, 0.3) is 0 Å². The number of nitrogens with one attached hydrogen (secondary N) is 3. The van der Waals surface area contributed by atoms with Gasteiger partial charge in [0.15, 0.2) is 11.6 Å². The van der Waals surface area contributed by atoms with Gasteiger partial charge in [0.25, 0.3) is 11.8 Å². The minimum Gasteiger partial charge on any atom is -0.379 e. The molecule has 0 bridgehead atoms. The van der Waals surface area contributed by atoms with Gasteiger partial charge in [0.2, 0.25) is 0 Å². The van der Waals surface area contributed by atoms with Crippen molar-refractivity contribution in [1.29, 1.82) is 0 Å². The van der Waals surface area contributed by atoms with E-state index in [1.54, 1.807) is 76.2 Å². The van der Waals surface area contributed by atoms with Crippen molar-refractivity contribution < 1.29 is 19.2 Å². The fourth-order valence-electron chi connectivity index (χ4n) is 5.07. The quantitative estimate of drug-likeness (QED) is 0.221. The van der Waals surface area contributed by atoms with E-state index < -0.39 is 5.41 Å². The van der Waals surface area contributed by atoms with Gasteiger partial charge in [-0.15, -0.1) is 0 Å². The second-order valence-electron chi connectivity index (χ2n) is 13.5. The highest BCUT2D eigenvalue weighted by molar-refractivity contribution is 6.07. The highest BCUT2D eigenvalue weighted by Gasteiger charge is 2.26. The van der Waals surface area contributed by atoms with Gasteiger partial charge in [-0.05, 0) is 50.6 Å². The lowest BCUT2D eigenvalue weighted by Crippen LogP contribution is -2.25. The summed E-state index contributed by atoms with van der Waals surface area (Å²) in [5.74, 6) is -0.832. The second-order valence-corrected chi connectivity index (χ2v) is 13.5. The Bertz CT molecular complexity index is 1750. The summed E-state index contributed by atoms with van der Waals surface area (Å²) in [7, 11) is 7.06. The summed E-state index contributed by atoms with van der Waals surface area (Å²) >= 11 is 0. The molecule has 4 aromatic heterocycles. The maximum absolute atomic E-state index is 13.2. The summed E-state index contributed by atoms with van der Waals surface area (Å²) in [6.45, 7) is 11.7. The zero-order chi connectivity index (χ0) is 32.7. The zero-order valence-corrected chi connectivity index (χ0v) is 27.2. The predicted molar refractivity (Wildman–Crippen MR) is 173 cm³/mol. The molecule has 0 radical (unpaired) electrons. The lowest BCUT2D eigenvalue weighted by molar-refractivity contribution is 0.0848.